The Balaban J connectivity index is 2.44. The fraction of sp³-hybridized carbons (Fsp3) is 0.333. The van der Waals surface area contributed by atoms with Crippen LogP contribution in [0.2, 0.25) is 0 Å². The summed E-state index contributed by atoms with van der Waals surface area (Å²) >= 11 is 0. The first kappa shape index (κ1) is 14.1. The van der Waals surface area contributed by atoms with Crippen LogP contribution in [0.25, 0.3) is 10.9 Å². The first-order valence-corrected chi connectivity index (χ1v) is 6.58. The molecule has 0 aliphatic carbocycles. The van der Waals surface area contributed by atoms with E-state index >= 15 is 0 Å². The summed E-state index contributed by atoms with van der Waals surface area (Å²) in [4.78, 5) is 23.7. The lowest BCUT2D eigenvalue weighted by Crippen LogP contribution is -2.18. The highest BCUT2D eigenvalue weighted by Gasteiger charge is 2.18. The molecule has 0 amide bonds. The molecule has 1 aromatic carbocycles. The van der Waals surface area contributed by atoms with E-state index in [1.54, 1.807) is 24.5 Å². The van der Waals surface area contributed by atoms with E-state index in [9.17, 15) is 9.59 Å². The molecule has 0 unspecified atom stereocenters. The zero-order chi connectivity index (χ0) is 14.5. The van der Waals surface area contributed by atoms with Crippen molar-refractivity contribution in [2.75, 3.05) is 13.2 Å². The van der Waals surface area contributed by atoms with Gasteiger partial charge >= 0.3 is 11.9 Å². The lowest BCUT2D eigenvalue weighted by Gasteiger charge is -2.09. The van der Waals surface area contributed by atoms with Gasteiger partial charge in [-0.05, 0) is 26.0 Å². The van der Waals surface area contributed by atoms with Crippen molar-refractivity contribution in [3.63, 3.8) is 0 Å². The number of nitrogens with zero attached hydrogens (tertiary/aromatic N) is 1. The van der Waals surface area contributed by atoms with Crippen LogP contribution in [0.3, 0.4) is 0 Å². The average molecular weight is 275 g/mol. The maximum atomic E-state index is 12.0. The Kier molecular flexibility index (Phi) is 4.40. The van der Waals surface area contributed by atoms with Crippen molar-refractivity contribution < 1.29 is 19.1 Å². The first-order valence-electron chi connectivity index (χ1n) is 6.58. The Morgan fingerprint density at radius 2 is 1.80 bits per heavy atom. The molecule has 0 fully saturated rings. The standard InChI is InChI=1S/C15H17NO4/c1-3-19-14(17)10-16-12-8-6-5-7-11(12)9-13(16)15(18)20-4-2/h5-9H,3-4,10H2,1-2H3. The van der Waals surface area contributed by atoms with Gasteiger partial charge in [0.25, 0.3) is 0 Å². The zero-order valence-corrected chi connectivity index (χ0v) is 11.6. The normalized spacial score (nSPS) is 10.5. The van der Waals surface area contributed by atoms with Crippen LogP contribution in [0.4, 0.5) is 0 Å². The maximum Gasteiger partial charge on any atom is 0.354 e. The Morgan fingerprint density at radius 1 is 1.10 bits per heavy atom. The summed E-state index contributed by atoms with van der Waals surface area (Å²) < 4.78 is 11.6. The topological polar surface area (TPSA) is 57.5 Å². The second-order valence-electron chi connectivity index (χ2n) is 4.20. The fourth-order valence-corrected chi connectivity index (χ4v) is 2.09. The van der Waals surface area contributed by atoms with Crippen LogP contribution in [0.1, 0.15) is 24.3 Å². The minimum absolute atomic E-state index is 0.00446. The summed E-state index contributed by atoms with van der Waals surface area (Å²) in [5.74, 6) is -0.813. The van der Waals surface area contributed by atoms with Crippen LogP contribution < -0.4 is 0 Å². The highest BCUT2D eigenvalue weighted by atomic mass is 16.5. The monoisotopic (exact) mass is 275 g/mol. The smallest absolute Gasteiger partial charge is 0.354 e. The molecule has 5 nitrogen and oxygen atoms in total. The number of ether oxygens (including phenoxy) is 2. The van der Waals surface area contributed by atoms with Gasteiger partial charge in [0, 0.05) is 10.9 Å². The molecule has 0 saturated carbocycles. The zero-order valence-electron chi connectivity index (χ0n) is 11.6. The number of hydrogen-bond acceptors (Lipinski definition) is 4. The molecule has 1 heterocycles. The van der Waals surface area contributed by atoms with Crippen molar-refractivity contribution in [3.8, 4) is 0 Å². The number of aromatic nitrogens is 1. The SMILES string of the molecule is CCOC(=O)Cn1c(C(=O)OCC)cc2ccccc21. The second kappa shape index (κ2) is 6.23. The highest BCUT2D eigenvalue weighted by Crippen LogP contribution is 2.20. The van der Waals surface area contributed by atoms with Gasteiger partial charge in [0.05, 0.1) is 13.2 Å². The molecular weight excluding hydrogens is 258 g/mol. The van der Waals surface area contributed by atoms with E-state index in [0.29, 0.717) is 18.9 Å². The molecule has 2 rings (SSSR count). The lowest BCUT2D eigenvalue weighted by molar-refractivity contribution is -0.143. The Labute approximate surface area is 117 Å². The molecule has 0 bridgehead atoms. The molecule has 1 aromatic heterocycles. The van der Waals surface area contributed by atoms with Crippen LogP contribution in [-0.2, 0) is 20.8 Å². The van der Waals surface area contributed by atoms with Crippen LogP contribution in [0.5, 0.6) is 0 Å². The van der Waals surface area contributed by atoms with Gasteiger partial charge in [-0.25, -0.2) is 4.79 Å². The number of para-hydroxylation sites is 1. The molecule has 2 aromatic rings. The van der Waals surface area contributed by atoms with Gasteiger partial charge in [-0.2, -0.15) is 0 Å². The number of esters is 2. The fourth-order valence-electron chi connectivity index (χ4n) is 2.09. The van der Waals surface area contributed by atoms with Crippen LogP contribution in [0.15, 0.2) is 30.3 Å². The van der Waals surface area contributed by atoms with Gasteiger partial charge in [-0.1, -0.05) is 18.2 Å². The molecule has 20 heavy (non-hydrogen) atoms. The molecule has 106 valence electrons. The predicted molar refractivity (Wildman–Crippen MR) is 74.5 cm³/mol. The summed E-state index contributed by atoms with van der Waals surface area (Å²) in [6, 6.07) is 9.22. The van der Waals surface area contributed by atoms with Crippen molar-refractivity contribution >= 4 is 22.8 Å². The molecule has 5 heteroatoms. The average Bonchev–Trinajstić information content (AvgIpc) is 2.78. The van der Waals surface area contributed by atoms with Gasteiger partial charge in [0.15, 0.2) is 0 Å². The van der Waals surface area contributed by atoms with Gasteiger partial charge in [-0.15, -0.1) is 0 Å². The number of fused-ring (bicyclic) bond motifs is 1. The second-order valence-corrected chi connectivity index (χ2v) is 4.20. The molecule has 0 radical (unpaired) electrons. The number of benzene rings is 1. The first-order chi connectivity index (χ1) is 9.67. The molecule has 0 aliphatic heterocycles. The van der Waals surface area contributed by atoms with Crippen molar-refractivity contribution in [2.24, 2.45) is 0 Å². The largest absolute Gasteiger partial charge is 0.465 e. The van der Waals surface area contributed by atoms with Crippen molar-refractivity contribution in [2.45, 2.75) is 20.4 Å². The van der Waals surface area contributed by atoms with Gasteiger partial charge < -0.3 is 14.0 Å². The van der Waals surface area contributed by atoms with E-state index in [4.69, 9.17) is 9.47 Å². The third kappa shape index (κ3) is 2.82. The molecule has 0 spiro atoms. The molecule has 0 saturated heterocycles. The van der Waals surface area contributed by atoms with Crippen molar-refractivity contribution in [1.82, 2.24) is 4.57 Å². The van der Waals surface area contributed by atoms with Gasteiger partial charge in [0.1, 0.15) is 12.2 Å². The molecular formula is C15H17NO4. The van der Waals surface area contributed by atoms with Gasteiger partial charge in [0.2, 0.25) is 0 Å². The summed E-state index contributed by atoms with van der Waals surface area (Å²) in [6.45, 7) is 4.09. The van der Waals surface area contributed by atoms with Crippen molar-refractivity contribution in [3.05, 3.63) is 36.0 Å². The van der Waals surface area contributed by atoms with Crippen LogP contribution in [-0.4, -0.2) is 29.7 Å². The quantitative estimate of drug-likeness (QED) is 0.786. The highest BCUT2D eigenvalue weighted by molar-refractivity contribution is 5.96. The summed E-state index contributed by atoms with van der Waals surface area (Å²) in [6.07, 6.45) is 0. The summed E-state index contributed by atoms with van der Waals surface area (Å²) in [5.41, 5.74) is 1.17. The Hall–Kier alpha value is -2.30. The number of carbonyl (C=O) groups excluding carboxylic acids is 2. The van der Waals surface area contributed by atoms with E-state index < -0.39 is 5.97 Å². The molecule has 0 atom stereocenters. The Bertz CT molecular complexity index is 630. The Morgan fingerprint density at radius 3 is 2.50 bits per heavy atom. The van der Waals surface area contributed by atoms with Crippen molar-refractivity contribution in [1.29, 1.82) is 0 Å². The van der Waals surface area contributed by atoms with E-state index in [2.05, 4.69) is 0 Å². The minimum Gasteiger partial charge on any atom is -0.465 e. The van der Waals surface area contributed by atoms with Crippen LogP contribution in [0, 0.1) is 0 Å². The molecule has 0 aliphatic rings. The summed E-state index contributed by atoms with van der Waals surface area (Å²) in [7, 11) is 0. The van der Waals surface area contributed by atoms with E-state index in [1.807, 2.05) is 24.3 Å². The van der Waals surface area contributed by atoms with Crippen LogP contribution >= 0.6 is 0 Å². The van der Waals surface area contributed by atoms with E-state index in [-0.39, 0.29) is 12.5 Å². The lowest BCUT2D eigenvalue weighted by atomic mass is 10.2. The summed E-state index contributed by atoms with van der Waals surface area (Å²) in [5, 5.41) is 0.889. The number of carbonyl (C=O) groups is 2. The maximum absolute atomic E-state index is 12.0. The van der Waals surface area contributed by atoms with E-state index in [1.165, 1.54) is 0 Å². The molecule has 0 N–H and O–H groups in total. The van der Waals surface area contributed by atoms with E-state index in [0.717, 1.165) is 10.9 Å². The van der Waals surface area contributed by atoms with Gasteiger partial charge in [-0.3, -0.25) is 4.79 Å². The third-order valence-corrected chi connectivity index (χ3v) is 2.89. The number of hydrogen-bond donors (Lipinski definition) is 0. The minimum atomic E-state index is -0.437. The third-order valence-electron chi connectivity index (χ3n) is 2.89. The number of rotatable bonds is 5. The predicted octanol–water partition coefficient (Wildman–Crippen LogP) is 2.38.